The Morgan fingerprint density at radius 2 is 0.786 bits per heavy atom. The van der Waals surface area contributed by atoms with Gasteiger partial charge in [-0.15, -0.1) is 0 Å². The van der Waals surface area contributed by atoms with Crippen LogP contribution in [-0.2, 0) is 4.79 Å². The van der Waals surface area contributed by atoms with Crippen molar-refractivity contribution in [2.24, 2.45) is 0 Å². The molecule has 5 heteroatoms. The largest absolute Gasteiger partial charge is 0.394 e. The normalized spacial score (nSPS) is 14.0. The van der Waals surface area contributed by atoms with Crippen LogP contribution in [0.5, 0.6) is 0 Å². The van der Waals surface area contributed by atoms with Gasteiger partial charge in [0.1, 0.15) is 6.10 Å². The van der Waals surface area contributed by atoms with Crippen molar-refractivity contribution in [3.05, 3.63) is 60.8 Å². The number of aliphatic hydroxyl groups excluding tert-OH is 3. The average molecular weight is 784 g/mol. The Bertz CT molecular complexity index is 954. The minimum atomic E-state index is -1.11. The molecule has 3 atom stereocenters. The molecule has 3 unspecified atom stereocenters. The van der Waals surface area contributed by atoms with Crippen molar-refractivity contribution < 1.29 is 20.1 Å². The highest BCUT2D eigenvalue weighted by molar-refractivity contribution is 5.80. The van der Waals surface area contributed by atoms with Gasteiger partial charge in [0, 0.05) is 0 Å². The topological polar surface area (TPSA) is 89.8 Å². The molecule has 326 valence electrons. The molecule has 0 heterocycles. The molecule has 0 aromatic rings. The molecular formula is C51H93NO4. The molecule has 1 amide bonds. The van der Waals surface area contributed by atoms with Gasteiger partial charge < -0.3 is 20.6 Å². The number of nitrogens with one attached hydrogen (secondary N) is 1. The number of rotatable bonds is 43. The summed E-state index contributed by atoms with van der Waals surface area (Å²) >= 11 is 0. The summed E-state index contributed by atoms with van der Waals surface area (Å²) in [6.07, 6.45) is 61.3. The SMILES string of the molecule is CCCCCC/C=C/CC/C=C/CC/C=C/C(O)C(CO)NC(=O)C(O)CCCCCCCCCCCCCC/C=C\C/C=C\CCCCCCCCCCC. The predicted molar refractivity (Wildman–Crippen MR) is 245 cm³/mol. The maximum absolute atomic E-state index is 12.5. The van der Waals surface area contributed by atoms with Crippen LogP contribution < -0.4 is 5.32 Å². The van der Waals surface area contributed by atoms with E-state index in [0.29, 0.717) is 6.42 Å². The lowest BCUT2D eigenvalue weighted by atomic mass is 10.0. The fraction of sp³-hybridized carbons (Fsp3) is 0.784. The van der Waals surface area contributed by atoms with E-state index < -0.39 is 24.2 Å². The molecule has 0 radical (unpaired) electrons. The van der Waals surface area contributed by atoms with Gasteiger partial charge in [-0.05, 0) is 77.0 Å². The third-order valence-corrected chi connectivity index (χ3v) is 10.8. The second kappa shape index (κ2) is 45.7. The highest BCUT2D eigenvalue weighted by Gasteiger charge is 2.22. The quantitative estimate of drug-likeness (QED) is 0.0366. The van der Waals surface area contributed by atoms with E-state index in [4.69, 9.17) is 0 Å². The summed E-state index contributed by atoms with van der Waals surface area (Å²) in [4.78, 5) is 12.5. The summed E-state index contributed by atoms with van der Waals surface area (Å²) < 4.78 is 0. The van der Waals surface area contributed by atoms with Crippen molar-refractivity contribution in [2.75, 3.05) is 6.61 Å². The average Bonchev–Trinajstić information content (AvgIpc) is 3.20. The van der Waals surface area contributed by atoms with Gasteiger partial charge >= 0.3 is 0 Å². The Hall–Kier alpha value is -1.95. The zero-order chi connectivity index (χ0) is 40.8. The van der Waals surface area contributed by atoms with E-state index in [1.165, 1.54) is 161 Å². The van der Waals surface area contributed by atoms with Crippen molar-refractivity contribution in [1.29, 1.82) is 0 Å². The number of hydrogen-bond acceptors (Lipinski definition) is 4. The Morgan fingerprint density at radius 3 is 1.21 bits per heavy atom. The van der Waals surface area contributed by atoms with E-state index in [1.807, 2.05) is 6.08 Å². The van der Waals surface area contributed by atoms with Crippen LogP contribution in [0.1, 0.15) is 232 Å². The lowest BCUT2D eigenvalue weighted by Gasteiger charge is -2.21. The first-order valence-corrected chi connectivity index (χ1v) is 24.1. The van der Waals surface area contributed by atoms with E-state index in [0.717, 1.165) is 51.4 Å². The van der Waals surface area contributed by atoms with Gasteiger partial charge in [-0.2, -0.15) is 0 Å². The molecular weight excluding hydrogens is 691 g/mol. The minimum absolute atomic E-state index is 0.384. The summed E-state index contributed by atoms with van der Waals surface area (Å²) in [5.74, 6) is -0.520. The maximum Gasteiger partial charge on any atom is 0.249 e. The molecule has 0 aliphatic carbocycles. The Morgan fingerprint density at radius 1 is 0.446 bits per heavy atom. The lowest BCUT2D eigenvalue weighted by molar-refractivity contribution is -0.131. The number of unbranched alkanes of at least 4 members (excludes halogenated alkanes) is 27. The smallest absolute Gasteiger partial charge is 0.249 e. The first-order valence-electron chi connectivity index (χ1n) is 24.1. The molecule has 5 nitrogen and oxygen atoms in total. The van der Waals surface area contributed by atoms with Crippen LogP contribution in [0, 0.1) is 0 Å². The van der Waals surface area contributed by atoms with Crippen molar-refractivity contribution in [1.82, 2.24) is 5.32 Å². The monoisotopic (exact) mass is 784 g/mol. The highest BCUT2D eigenvalue weighted by atomic mass is 16.3. The standard InChI is InChI=1S/C51H93NO4/c1-3-5-7-9-11-13-15-17-19-20-21-22-23-24-25-26-27-28-29-30-31-32-34-36-38-40-42-44-46-50(55)51(56)52-48(47-53)49(54)45-43-41-39-37-35-33-18-16-14-12-10-8-6-4-2/h14,16,21-22,24-25,35,37,43,45,48-50,53-55H,3-13,15,17-20,23,26-34,36,38-42,44,46-47H2,1-2H3,(H,52,56)/b16-14+,22-21-,25-24-,37-35+,45-43+. The number of hydrogen-bond donors (Lipinski definition) is 4. The van der Waals surface area contributed by atoms with Gasteiger partial charge in [-0.25, -0.2) is 0 Å². The van der Waals surface area contributed by atoms with E-state index in [-0.39, 0.29) is 6.61 Å². The Labute approximate surface area is 348 Å². The molecule has 56 heavy (non-hydrogen) atoms. The molecule has 0 rings (SSSR count). The third-order valence-electron chi connectivity index (χ3n) is 10.8. The fourth-order valence-electron chi connectivity index (χ4n) is 7.01. The molecule has 0 bridgehead atoms. The van der Waals surface area contributed by atoms with Crippen molar-refractivity contribution in [2.45, 2.75) is 250 Å². The van der Waals surface area contributed by atoms with Crippen LogP contribution in [0.3, 0.4) is 0 Å². The van der Waals surface area contributed by atoms with Crippen molar-refractivity contribution in [3.63, 3.8) is 0 Å². The molecule has 0 aromatic carbocycles. The fourth-order valence-corrected chi connectivity index (χ4v) is 7.01. The highest BCUT2D eigenvalue weighted by Crippen LogP contribution is 2.15. The Kier molecular flexibility index (Phi) is 44.2. The summed E-state index contributed by atoms with van der Waals surface area (Å²) in [6, 6.07) is -0.823. The van der Waals surface area contributed by atoms with Crippen LogP contribution in [-0.4, -0.2) is 46.1 Å². The van der Waals surface area contributed by atoms with Gasteiger partial charge in [0.2, 0.25) is 5.91 Å². The summed E-state index contributed by atoms with van der Waals surface area (Å²) in [7, 11) is 0. The van der Waals surface area contributed by atoms with Gasteiger partial charge in [-0.3, -0.25) is 4.79 Å². The lowest BCUT2D eigenvalue weighted by Crippen LogP contribution is -2.48. The first kappa shape index (κ1) is 54.0. The zero-order valence-electron chi connectivity index (χ0n) is 37.0. The molecule has 4 N–H and O–H groups in total. The maximum atomic E-state index is 12.5. The van der Waals surface area contributed by atoms with E-state index in [1.54, 1.807) is 6.08 Å². The molecule has 0 fully saturated rings. The molecule has 0 saturated heterocycles. The number of carbonyl (C=O) groups is 1. The second-order valence-electron chi connectivity index (χ2n) is 16.3. The minimum Gasteiger partial charge on any atom is -0.394 e. The molecule has 0 aromatic heterocycles. The third kappa shape index (κ3) is 40.3. The van der Waals surface area contributed by atoms with Crippen LogP contribution >= 0.6 is 0 Å². The summed E-state index contributed by atoms with van der Waals surface area (Å²) in [5.41, 5.74) is 0. The van der Waals surface area contributed by atoms with Gasteiger partial charge in [-0.1, -0.05) is 216 Å². The number of allylic oxidation sites excluding steroid dienone is 9. The number of carbonyl (C=O) groups excluding carboxylic acids is 1. The van der Waals surface area contributed by atoms with Crippen molar-refractivity contribution >= 4 is 5.91 Å². The first-order chi connectivity index (χ1) is 27.6. The van der Waals surface area contributed by atoms with Crippen molar-refractivity contribution in [3.8, 4) is 0 Å². The summed E-state index contributed by atoms with van der Waals surface area (Å²) in [6.45, 7) is 4.14. The number of amides is 1. The Balaban J connectivity index is 3.65. The second-order valence-corrected chi connectivity index (χ2v) is 16.3. The van der Waals surface area contributed by atoms with Gasteiger partial charge in [0.05, 0.1) is 18.8 Å². The molecule has 0 aliphatic heterocycles. The van der Waals surface area contributed by atoms with Crippen LogP contribution in [0.25, 0.3) is 0 Å². The summed E-state index contributed by atoms with van der Waals surface area (Å²) in [5, 5.41) is 33.1. The number of aliphatic hydroxyl groups is 3. The molecule has 0 saturated carbocycles. The van der Waals surface area contributed by atoms with E-state index in [9.17, 15) is 20.1 Å². The van der Waals surface area contributed by atoms with E-state index >= 15 is 0 Å². The predicted octanol–water partition coefficient (Wildman–Crippen LogP) is 14.3. The van der Waals surface area contributed by atoms with Crippen LogP contribution in [0.4, 0.5) is 0 Å². The van der Waals surface area contributed by atoms with Gasteiger partial charge in [0.15, 0.2) is 0 Å². The van der Waals surface area contributed by atoms with Crippen LogP contribution in [0.15, 0.2) is 60.8 Å². The molecule has 0 spiro atoms. The zero-order valence-corrected chi connectivity index (χ0v) is 37.0. The van der Waals surface area contributed by atoms with E-state index in [2.05, 4.69) is 67.8 Å². The van der Waals surface area contributed by atoms with Crippen LogP contribution in [0.2, 0.25) is 0 Å². The molecule has 0 aliphatic rings. The van der Waals surface area contributed by atoms with Gasteiger partial charge in [0.25, 0.3) is 0 Å².